The minimum Gasteiger partial charge on any atom is -0.495 e. The zero-order valence-corrected chi connectivity index (χ0v) is 10.3. The molecule has 0 radical (unpaired) electrons. The normalized spacial score (nSPS) is 9.83. The maximum atomic E-state index is 5.23. The van der Waals surface area contributed by atoms with E-state index in [-0.39, 0.29) is 0 Å². The van der Waals surface area contributed by atoms with E-state index in [0.29, 0.717) is 0 Å². The first-order valence-electron chi connectivity index (χ1n) is 5.76. The van der Waals surface area contributed by atoms with Crippen LogP contribution in [0.5, 0.6) is 5.75 Å². The lowest BCUT2D eigenvalue weighted by atomic mass is 10.2. The summed E-state index contributed by atoms with van der Waals surface area (Å²) in [5.41, 5.74) is 2.05. The average Bonchev–Trinajstić information content (AvgIpc) is 2.45. The van der Waals surface area contributed by atoms with Crippen molar-refractivity contribution in [3.8, 4) is 17.6 Å². The second-order valence-electron chi connectivity index (χ2n) is 3.71. The Morgan fingerprint density at radius 2 is 1.67 bits per heavy atom. The van der Waals surface area contributed by atoms with Gasteiger partial charge in [-0.1, -0.05) is 54.3 Å². The Labute approximate surface area is 108 Å². The van der Waals surface area contributed by atoms with Crippen molar-refractivity contribution in [1.82, 2.24) is 0 Å². The molecule has 0 N–H and O–H groups in total. The zero-order chi connectivity index (χ0) is 12.6. The second kappa shape index (κ2) is 6.32. The first-order valence-corrected chi connectivity index (χ1v) is 5.76. The number of benzene rings is 2. The predicted octanol–water partition coefficient (Wildman–Crippen LogP) is 3.76. The van der Waals surface area contributed by atoms with Gasteiger partial charge >= 0.3 is 0 Å². The maximum absolute atomic E-state index is 5.23. The SMILES string of the molecule is COc1ccccc1C#C/C=C/c1ccccc1. The van der Waals surface area contributed by atoms with Crippen LogP contribution >= 0.6 is 0 Å². The molecule has 2 aromatic carbocycles. The summed E-state index contributed by atoms with van der Waals surface area (Å²) in [6.45, 7) is 0. The lowest BCUT2D eigenvalue weighted by Gasteiger charge is -2.00. The Kier molecular flexibility index (Phi) is 4.22. The van der Waals surface area contributed by atoms with Crippen LogP contribution in [0.3, 0.4) is 0 Å². The van der Waals surface area contributed by atoms with Crippen LogP contribution in [-0.4, -0.2) is 7.11 Å². The molecule has 0 bridgehead atoms. The van der Waals surface area contributed by atoms with Crippen LogP contribution < -0.4 is 4.74 Å². The zero-order valence-electron chi connectivity index (χ0n) is 10.3. The van der Waals surface area contributed by atoms with Crippen LogP contribution in [-0.2, 0) is 0 Å². The molecule has 0 aliphatic rings. The van der Waals surface area contributed by atoms with Gasteiger partial charge in [-0.05, 0) is 29.8 Å². The smallest absolute Gasteiger partial charge is 0.134 e. The highest BCUT2D eigenvalue weighted by Crippen LogP contribution is 2.15. The highest BCUT2D eigenvalue weighted by Gasteiger charge is 1.95. The third kappa shape index (κ3) is 3.26. The third-order valence-electron chi connectivity index (χ3n) is 2.47. The Bertz CT molecular complexity index is 586. The number of hydrogen-bond acceptors (Lipinski definition) is 1. The molecular formula is C17H14O. The number of hydrogen-bond donors (Lipinski definition) is 0. The Morgan fingerprint density at radius 1 is 0.944 bits per heavy atom. The van der Waals surface area contributed by atoms with Crippen molar-refractivity contribution >= 4 is 6.08 Å². The van der Waals surface area contributed by atoms with E-state index in [1.54, 1.807) is 7.11 Å². The van der Waals surface area contributed by atoms with Crippen LogP contribution in [0.2, 0.25) is 0 Å². The third-order valence-corrected chi connectivity index (χ3v) is 2.47. The molecule has 0 aliphatic carbocycles. The summed E-state index contributed by atoms with van der Waals surface area (Å²) >= 11 is 0. The quantitative estimate of drug-likeness (QED) is 0.719. The van der Waals surface area contributed by atoms with Gasteiger partial charge in [0, 0.05) is 0 Å². The van der Waals surface area contributed by atoms with Crippen molar-refractivity contribution in [1.29, 1.82) is 0 Å². The monoisotopic (exact) mass is 234 g/mol. The molecule has 0 saturated heterocycles. The summed E-state index contributed by atoms with van der Waals surface area (Å²) in [7, 11) is 1.65. The van der Waals surface area contributed by atoms with E-state index >= 15 is 0 Å². The topological polar surface area (TPSA) is 9.23 Å². The molecule has 1 nitrogen and oxygen atoms in total. The van der Waals surface area contributed by atoms with Gasteiger partial charge in [0.25, 0.3) is 0 Å². The fourth-order valence-electron chi connectivity index (χ4n) is 1.57. The van der Waals surface area contributed by atoms with Crippen molar-refractivity contribution in [3.63, 3.8) is 0 Å². The van der Waals surface area contributed by atoms with Crippen molar-refractivity contribution in [2.45, 2.75) is 0 Å². The number of rotatable bonds is 2. The van der Waals surface area contributed by atoms with E-state index in [9.17, 15) is 0 Å². The van der Waals surface area contributed by atoms with E-state index in [1.807, 2.05) is 66.7 Å². The molecule has 0 atom stereocenters. The number of allylic oxidation sites excluding steroid dienone is 1. The van der Waals surface area contributed by atoms with Crippen molar-refractivity contribution in [2.24, 2.45) is 0 Å². The standard InChI is InChI=1S/C17H14O/c1-18-17-14-8-7-13-16(17)12-6-5-11-15-9-3-2-4-10-15/h2-5,7-11,13-14H,1H3/b11-5+. The summed E-state index contributed by atoms with van der Waals surface area (Å²) < 4.78 is 5.23. The number of ether oxygens (including phenoxy) is 1. The van der Waals surface area contributed by atoms with E-state index in [4.69, 9.17) is 4.74 Å². The van der Waals surface area contributed by atoms with Gasteiger partial charge in [0.2, 0.25) is 0 Å². The van der Waals surface area contributed by atoms with Gasteiger partial charge in [-0.2, -0.15) is 0 Å². The molecule has 1 heteroatoms. The van der Waals surface area contributed by atoms with Crippen LogP contribution in [0.1, 0.15) is 11.1 Å². The molecule has 0 spiro atoms. The summed E-state index contributed by atoms with van der Waals surface area (Å²) in [6.07, 6.45) is 3.84. The largest absolute Gasteiger partial charge is 0.495 e. The molecule has 0 aliphatic heterocycles. The van der Waals surface area contributed by atoms with E-state index < -0.39 is 0 Å². The molecule has 0 saturated carbocycles. The molecule has 0 amide bonds. The van der Waals surface area contributed by atoms with Crippen LogP contribution in [0.25, 0.3) is 6.08 Å². The second-order valence-corrected chi connectivity index (χ2v) is 3.71. The number of methoxy groups -OCH3 is 1. The summed E-state index contributed by atoms with van der Waals surface area (Å²) in [5, 5.41) is 0. The molecule has 2 aromatic rings. The van der Waals surface area contributed by atoms with Crippen LogP contribution in [0.15, 0.2) is 60.7 Å². The molecule has 0 fully saturated rings. The summed E-state index contributed by atoms with van der Waals surface area (Å²) in [6, 6.07) is 17.8. The van der Waals surface area contributed by atoms with E-state index in [0.717, 1.165) is 16.9 Å². The maximum Gasteiger partial charge on any atom is 0.134 e. The predicted molar refractivity (Wildman–Crippen MR) is 75.3 cm³/mol. The first-order chi connectivity index (χ1) is 8.90. The van der Waals surface area contributed by atoms with E-state index in [2.05, 4.69) is 11.8 Å². The molecule has 0 aromatic heterocycles. The van der Waals surface area contributed by atoms with Crippen molar-refractivity contribution in [3.05, 3.63) is 71.8 Å². The number of para-hydroxylation sites is 1. The molecular weight excluding hydrogens is 220 g/mol. The minimum atomic E-state index is 0.804. The van der Waals surface area contributed by atoms with Crippen molar-refractivity contribution < 1.29 is 4.74 Å². The highest BCUT2D eigenvalue weighted by molar-refractivity contribution is 5.54. The van der Waals surface area contributed by atoms with Crippen LogP contribution in [0, 0.1) is 11.8 Å². The van der Waals surface area contributed by atoms with Crippen molar-refractivity contribution in [2.75, 3.05) is 7.11 Å². The Morgan fingerprint density at radius 3 is 2.44 bits per heavy atom. The summed E-state index contributed by atoms with van der Waals surface area (Å²) in [4.78, 5) is 0. The average molecular weight is 234 g/mol. The fraction of sp³-hybridized carbons (Fsp3) is 0.0588. The first kappa shape index (κ1) is 12.0. The molecule has 18 heavy (non-hydrogen) atoms. The van der Waals surface area contributed by atoms with Crippen LogP contribution in [0.4, 0.5) is 0 Å². The summed E-state index contributed by atoms with van der Waals surface area (Å²) in [5.74, 6) is 6.89. The Balaban J connectivity index is 2.11. The van der Waals surface area contributed by atoms with Gasteiger partial charge in [0.15, 0.2) is 0 Å². The van der Waals surface area contributed by atoms with Gasteiger partial charge < -0.3 is 4.74 Å². The van der Waals surface area contributed by atoms with Gasteiger partial charge in [-0.25, -0.2) is 0 Å². The Hall–Kier alpha value is -2.46. The minimum absolute atomic E-state index is 0.804. The molecule has 0 unspecified atom stereocenters. The molecule has 2 rings (SSSR count). The lowest BCUT2D eigenvalue weighted by molar-refractivity contribution is 0.413. The fourth-order valence-corrected chi connectivity index (χ4v) is 1.57. The van der Waals surface area contributed by atoms with Gasteiger partial charge in [-0.3, -0.25) is 0 Å². The van der Waals surface area contributed by atoms with Gasteiger partial charge in [0.05, 0.1) is 12.7 Å². The highest BCUT2D eigenvalue weighted by atomic mass is 16.5. The molecule has 88 valence electrons. The van der Waals surface area contributed by atoms with Gasteiger partial charge in [0.1, 0.15) is 5.75 Å². The molecule has 0 heterocycles. The van der Waals surface area contributed by atoms with Gasteiger partial charge in [-0.15, -0.1) is 0 Å². The lowest BCUT2D eigenvalue weighted by Crippen LogP contribution is -1.85. The van der Waals surface area contributed by atoms with E-state index in [1.165, 1.54) is 0 Å².